The average molecular weight is 368 g/mol. The van der Waals surface area contributed by atoms with E-state index in [4.69, 9.17) is 9.47 Å². The van der Waals surface area contributed by atoms with Crippen LogP contribution in [-0.4, -0.2) is 17.9 Å². The number of rotatable bonds is 8. The number of carbonyl (C=O) groups excluding carboxylic acids is 2. The zero-order valence-corrected chi connectivity index (χ0v) is 16.7. The first-order valence-electron chi connectivity index (χ1n) is 9.32. The van der Waals surface area contributed by atoms with Crippen LogP contribution in [0.25, 0.3) is 0 Å². The number of hydrogen-bond acceptors (Lipinski definition) is 4. The highest BCUT2D eigenvalue weighted by Crippen LogP contribution is 2.24. The van der Waals surface area contributed by atoms with E-state index >= 15 is 0 Å². The second-order valence-electron chi connectivity index (χ2n) is 7.57. The van der Waals surface area contributed by atoms with Crippen LogP contribution in [0.1, 0.15) is 57.0 Å². The predicted octanol–water partition coefficient (Wildman–Crippen LogP) is 5.24. The van der Waals surface area contributed by atoms with E-state index in [9.17, 15) is 9.59 Å². The molecule has 4 heteroatoms. The Kier molecular flexibility index (Phi) is 6.78. The summed E-state index contributed by atoms with van der Waals surface area (Å²) < 4.78 is 11.0. The topological polar surface area (TPSA) is 52.6 Å². The minimum absolute atomic E-state index is 0.0453. The van der Waals surface area contributed by atoms with Gasteiger partial charge in [-0.1, -0.05) is 39.0 Å². The maximum Gasteiger partial charge on any atom is 0.343 e. The molecule has 0 aromatic heterocycles. The Morgan fingerprint density at radius 2 is 1.63 bits per heavy atom. The van der Waals surface area contributed by atoms with Gasteiger partial charge in [0.2, 0.25) is 0 Å². The molecule has 0 aliphatic rings. The van der Waals surface area contributed by atoms with Gasteiger partial charge in [0, 0.05) is 17.9 Å². The maximum atomic E-state index is 12.4. The second-order valence-corrected chi connectivity index (χ2v) is 7.57. The third-order valence-electron chi connectivity index (χ3n) is 4.58. The molecule has 0 spiro atoms. The van der Waals surface area contributed by atoms with Gasteiger partial charge in [0.05, 0.1) is 11.7 Å². The van der Waals surface area contributed by atoms with Crippen LogP contribution >= 0.6 is 0 Å². The molecule has 0 radical (unpaired) electrons. The molecular weight excluding hydrogens is 340 g/mol. The van der Waals surface area contributed by atoms with Crippen molar-refractivity contribution in [1.29, 1.82) is 0 Å². The molecule has 0 aliphatic carbocycles. The lowest BCUT2D eigenvalue weighted by Gasteiger charge is -2.20. The van der Waals surface area contributed by atoms with Crippen molar-refractivity contribution in [3.63, 3.8) is 0 Å². The third-order valence-corrected chi connectivity index (χ3v) is 4.58. The van der Waals surface area contributed by atoms with E-state index in [1.807, 2.05) is 40.7 Å². The highest BCUT2D eigenvalue weighted by molar-refractivity contribution is 5.91. The Balaban J connectivity index is 2.02. The van der Waals surface area contributed by atoms with E-state index in [-0.39, 0.29) is 17.3 Å². The maximum absolute atomic E-state index is 12.4. The Morgan fingerprint density at radius 1 is 1.00 bits per heavy atom. The van der Waals surface area contributed by atoms with Crippen molar-refractivity contribution in [2.75, 3.05) is 0 Å². The zero-order chi connectivity index (χ0) is 20.0. The highest BCUT2D eigenvalue weighted by Gasteiger charge is 2.24. The summed E-state index contributed by atoms with van der Waals surface area (Å²) in [7, 11) is 0. The first-order valence-corrected chi connectivity index (χ1v) is 9.32. The second kappa shape index (κ2) is 8.85. The van der Waals surface area contributed by atoms with Gasteiger partial charge in [-0.2, -0.15) is 0 Å². The van der Waals surface area contributed by atoms with Gasteiger partial charge >= 0.3 is 5.97 Å². The smallest absolute Gasteiger partial charge is 0.343 e. The van der Waals surface area contributed by atoms with Crippen LogP contribution < -0.4 is 9.47 Å². The molecule has 0 aliphatic heterocycles. The van der Waals surface area contributed by atoms with Gasteiger partial charge in [0.1, 0.15) is 17.3 Å². The molecule has 2 rings (SSSR count). The lowest BCUT2D eigenvalue weighted by molar-refractivity contribution is -0.126. The number of hydrogen-bond donors (Lipinski definition) is 0. The van der Waals surface area contributed by atoms with Gasteiger partial charge in [0.25, 0.3) is 0 Å². The summed E-state index contributed by atoms with van der Waals surface area (Å²) in [6.45, 7) is 9.80. The van der Waals surface area contributed by atoms with Crippen LogP contribution in [0.15, 0.2) is 48.5 Å². The summed E-state index contributed by atoms with van der Waals surface area (Å²) in [5.41, 5.74) is 1.00. The largest absolute Gasteiger partial charge is 0.491 e. The molecule has 0 saturated carbocycles. The Labute approximate surface area is 161 Å². The van der Waals surface area contributed by atoms with Gasteiger partial charge in [-0.25, -0.2) is 4.79 Å². The van der Waals surface area contributed by atoms with Crippen molar-refractivity contribution in [3.05, 3.63) is 59.7 Å². The van der Waals surface area contributed by atoms with Gasteiger partial charge in [0.15, 0.2) is 0 Å². The van der Waals surface area contributed by atoms with E-state index in [0.29, 0.717) is 23.5 Å². The van der Waals surface area contributed by atoms with Crippen LogP contribution in [0.2, 0.25) is 0 Å². The fourth-order valence-electron chi connectivity index (χ4n) is 2.43. The minimum atomic E-state index is -0.441. The van der Waals surface area contributed by atoms with Crippen molar-refractivity contribution < 1.29 is 19.1 Å². The number of ether oxygens (including phenoxy) is 2. The van der Waals surface area contributed by atoms with Crippen LogP contribution in [0.5, 0.6) is 11.5 Å². The van der Waals surface area contributed by atoms with Crippen molar-refractivity contribution in [1.82, 2.24) is 0 Å². The van der Waals surface area contributed by atoms with E-state index < -0.39 is 5.97 Å². The molecule has 0 N–H and O–H groups in total. The molecule has 27 heavy (non-hydrogen) atoms. The van der Waals surface area contributed by atoms with Gasteiger partial charge in [-0.15, -0.1) is 0 Å². The van der Waals surface area contributed by atoms with Crippen molar-refractivity contribution in [2.45, 2.75) is 53.6 Å². The SMILES string of the molecule is CCC(C)(C)C(=O)Cc1ccc(C(=O)Oc2cccc(OC(C)C)c2)cc1. The van der Waals surface area contributed by atoms with Crippen LogP contribution in [-0.2, 0) is 11.2 Å². The van der Waals surface area contributed by atoms with Crippen LogP contribution in [0, 0.1) is 5.41 Å². The molecule has 0 amide bonds. The van der Waals surface area contributed by atoms with Gasteiger partial charge in [-0.3, -0.25) is 4.79 Å². The molecule has 2 aromatic carbocycles. The lowest BCUT2D eigenvalue weighted by atomic mass is 9.82. The molecule has 2 aromatic rings. The van der Waals surface area contributed by atoms with Crippen LogP contribution in [0.3, 0.4) is 0 Å². The Bertz CT molecular complexity index is 788. The van der Waals surface area contributed by atoms with Crippen LogP contribution in [0.4, 0.5) is 0 Å². The fraction of sp³-hybridized carbons (Fsp3) is 0.391. The number of carbonyl (C=O) groups is 2. The molecule has 4 nitrogen and oxygen atoms in total. The first-order chi connectivity index (χ1) is 12.7. The van der Waals surface area contributed by atoms with Crippen molar-refractivity contribution >= 4 is 11.8 Å². The molecule has 0 heterocycles. The number of benzene rings is 2. The summed E-state index contributed by atoms with van der Waals surface area (Å²) in [6, 6.07) is 14.0. The summed E-state index contributed by atoms with van der Waals surface area (Å²) >= 11 is 0. The molecule has 0 unspecified atom stereocenters. The van der Waals surface area contributed by atoms with Gasteiger partial charge < -0.3 is 9.47 Å². The zero-order valence-electron chi connectivity index (χ0n) is 16.7. The number of ketones is 1. The van der Waals surface area contributed by atoms with E-state index in [1.165, 1.54) is 0 Å². The average Bonchev–Trinajstić information content (AvgIpc) is 2.62. The molecular formula is C23H28O4. The standard InChI is InChI=1S/C23H28O4/c1-6-23(4,5)21(24)14-17-10-12-18(13-11-17)22(25)27-20-9-7-8-19(15-20)26-16(2)3/h7-13,15-16H,6,14H2,1-5H3. The molecule has 0 saturated heterocycles. The fourth-order valence-corrected chi connectivity index (χ4v) is 2.43. The normalized spacial score (nSPS) is 11.3. The quantitative estimate of drug-likeness (QED) is 0.472. The first kappa shape index (κ1) is 20.7. The summed E-state index contributed by atoms with van der Waals surface area (Å²) in [5, 5.41) is 0. The minimum Gasteiger partial charge on any atom is -0.491 e. The van der Waals surface area contributed by atoms with Crippen molar-refractivity contribution in [3.8, 4) is 11.5 Å². The summed E-state index contributed by atoms with van der Waals surface area (Å²) in [5.74, 6) is 0.843. The predicted molar refractivity (Wildman–Crippen MR) is 106 cm³/mol. The number of Topliss-reactive ketones (excluding diaryl/α,β-unsaturated/α-hetero) is 1. The third kappa shape index (κ3) is 5.95. The van der Waals surface area contributed by atoms with E-state index in [0.717, 1.165) is 12.0 Å². The van der Waals surface area contributed by atoms with Crippen molar-refractivity contribution in [2.24, 2.45) is 5.41 Å². The molecule has 0 atom stereocenters. The van der Waals surface area contributed by atoms with Gasteiger partial charge in [-0.05, 0) is 50.1 Å². The van der Waals surface area contributed by atoms with E-state index in [2.05, 4.69) is 0 Å². The Morgan fingerprint density at radius 3 is 2.22 bits per heavy atom. The highest BCUT2D eigenvalue weighted by atomic mass is 16.5. The van der Waals surface area contributed by atoms with E-state index in [1.54, 1.807) is 42.5 Å². The Hall–Kier alpha value is -2.62. The number of esters is 1. The lowest BCUT2D eigenvalue weighted by Crippen LogP contribution is -2.25. The monoisotopic (exact) mass is 368 g/mol. The summed E-state index contributed by atoms with van der Waals surface area (Å²) in [6.07, 6.45) is 1.21. The molecule has 144 valence electrons. The molecule has 0 fully saturated rings. The molecule has 0 bridgehead atoms. The summed E-state index contributed by atoms with van der Waals surface area (Å²) in [4.78, 5) is 24.7.